The number of hydrogen-bond acceptors (Lipinski definition) is 5. The molecule has 0 aliphatic carbocycles. The van der Waals surface area contributed by atoms with Crippen LogP contribution in [0.4, 0.5) is 0 Å². The number of methoxy groups -OCH3 is 2. The van der Waals surface area contributed by atoms with Gasteiger partial charge in [0.1, 0.15) is 11.5 Å². The number of halogens is 1. The van der Waals surface area contributed by atoms with Crippen LogP contribution in [0.3, 0.4) is 0 Å². The maximum absolute atomic E-state index is 13.3. The fraction of sp³-hybridized carbons (Fsp3) is 0.179. The van der Waals surface area contributed by atoms with E-state index in [1.807, 2.05) is 77.0 Å². The quantitative estimate of drug-likeness (QED) is 0.230. The molecule has 1 heterocycles. The number of rotatable bonds is 10. The fourth-order valence-electron chi connectivity index (χ4n) is 3.68. The normalized spacial score (nSPS) is 10.6. The van der Waals surface area contributed by atoms with E-state index in [4.69, 9.17) is 25.8 Å². The van der Waals surface area contributed by atoms with E-state index in [0.29, 0.717) is 52.4 Å². The Morgan fingerprint density at radius 2 is 1.66 bits per heavy atom. The summed E-state index contributed by atoms with van der Waals surface area (Å²) in [6, 6.07) is 24.6. The molecule has 3 aromatic carbocycles. The molecule has 0 bridgehead atoms. The minimum atomic E-state index is 0.00417. The van der Waals surface area contributed by atoms with Gasteiger partial charge in [-0.15, -0.1) is 11.3 Å². The van der Waals surface area contributed by atoms with Crippen molar-refractivity contribution in [2.45, 2.75) is 13.0 Å². The summed E-state index contributed by atoms with van der Waals surface area (Å²) in [7, 11) is 3.23. The van der Waals surface area contributed by atoms with Gasteiger partial charge in [0.25, 0.3) is 5.91 Å². The second kappa shape index (κ2) is 11.8. The van der Waals surface area contributed by atoms with Crippen molar-refractivity contribution in [1.29, 1.82) is 0 Å². The van der Waals surface area contributed by atoms with E-state index in [1.54, 1.807) is 26.4 Å². The van der Waals surface area contributed by atoms with Gasteiger partial charge in [0.15, 0.2) is 11.5 Å². The molecule has 0 atom stereocenters. The van der Waals surface area contributed by atoms with Crippen molar-refractivity contribution in [2.24, 2.45) is 0 Å². The standard InChI is InChI=1S/C28H26ClNO4S/c1-32-25-13-8-20(18-26(25)33-2)14-15-30(28(31)27-7-4-16-35-27)19-21-5-3-6-24(17-21)34-23-11-9-22(29)10-12-23/h3-13,16-18H,14-15,19H2,1-2H3. The predicted octanol–water partition coefficient (Wildman–Crippen LogP) is 7.10. The Labute approximate surface area is 214 Å². The molecule has 0 saturated heterocycles. The van der Waals surface area contributed by atoms with Gasteiger partial charge in [0.05, 0.1) is 19.1 Å². The zero-order valence-corrected chi connectivity index (χ0v) is 21.1. The van der Waals surface area contributed by atoms with Crippen LogP contribution in [0.5, 0.6) is 23.0 Å². The van der Waals surface area contributed by atoms with Crippen molar-refractivity contribution < 1.29 is 19.0 Å². The summed E-state index contributed by atoms with van der Waals surface area (Å²) < 4.78 is 16.7. The van der Waals surface area contributed by atoms with E-state index >= 15 is 0 Å². The van der Waals surface area contributed by atoms with E-state index in [2.05, 4.69) is 0 Å². The third-order valence-corrected chi connectivity index (χ3v) is 6.57. The number of nitrogens with zero attached hydrogens (tertiary/aromatic N) is 1. The van der Waals surface area contributed by atoms with Crippen LogP contribution in [0.15, 0.2) is 84.2 Å². The lowest BCUT2D eigenvalue weighted by molar-refractivity contribution is 0.0750. The molecule has 0 saturated carbocycles. The molecule has 4 rings (SSSR count). The van der Waals surface area contributed by atoms with Crippen LogP contribution < -0.4 is 14.2 Å². The molecule has 180 valence electrons. The lowest BCUT2D eigenvalue weighted by Crippen LogP contribution is -2.32. The third-order valence-electron chi connectivity index (χ3n) is 5.46. The molecule has 5 nitrogen and oxygen atoms in total. The van der Waals surface area contributed by atoms with Gasteiger partial charge in [-0.1, -0.05) is 35.9 Å². The van der Waals surface area contributed by atoms with Gasteiger partial charge >= 0.3 is 0 Å². The third kappa shape index (κ3) is 6.56. The lowest BCUT2D eigenvalue weighted by Gasteiger charge is -2.23. The minimum absolute atomic E-state index is 0.00417. The molecule has 1 aromatic heterocycles. The lowest BCUT2D eigenvalue weighted by atomic mass is 10.1. The molecule has 0 spiro atoms. The van der Waals surface area contributed by atoms with Crippen LogP contribution in [0.25, 0.3) is 0 Å². The Hall–Kier alpha value is -3.48. The first-order valence-corrected chi connectivity index (χ1v) is 12.4. The summed E-state index contributed by atoms with van der Waals surface area (Å²) in [6.07, 6.45) is 0.679. The summed E-state index contributed by atoms with van der Waals surface area (Å²) in [5.74, 6) is 2.76. The summed E-state index contributed by atoms with van der Waals surface area (Å²) in [5.41, 5.74) is 2.04. The first-order valence-electron chi connectivity index (χ1n) is 11.1. The van der Waals surface area contributed by atoms with Crippen molar-refractivity contribution in [3.8, 4) is 23.0 Å². The van der Waals surface area contributed by atoms with Crippen LogP contribution in [0.1, 0.15) is 20.8 Å². The molecule has 0 unspecified atom stereocenters. The highest BCUT2D eigenvalue weighted by atomic mass is 35.5. The number of ether oxygens (including phenoxy) is 3. The average Bonchev–Trinajstić information content (AvgIpc) is 3.42. The van der Waals surface area contributed by atoms with Gasteiger partial charge in [0.2, 0.25) is 0 Å². The van der Waals surface area contributed by atoms with Crippen LogP contribution in [0, 0.1) is 0 Å². The summed E-state index contributed by atoms with van der Waals surface area (Å²) in [4.78, 5) is 15.9. The van der Waals surface area contributed by atoms with Crippen molar-refractivity contribution in [3.63, 3.8) is 0 Å². The van der Waals surface area contributed by atoms with Gasteiger partial charge in [-0.2, -0.15) is 0 Å². The molecule has 0 aliphatic heterocycles. The first-order chi connectivity index (χ1) is 17.1. The topological polar surface area (TPSA) is 48.0 Å². The molecular weight excluding hydrogens is 482 g/mol. The highest BCUT2D eigenvalue weighted by Crippen LogP contribution is 2.28. The zero-order chi connectivity index (χ0) is 24.6. The summed E-state index contributed by atoms with van der Waals surface area (Å²) in [5, 5.41) is 2.57. The Kier molecular flexibility index (Phi) is 8.29. The molecule has 0 fully saturated rings. The van der Waals surface area contributed by atoms with E-state index in [-0.39, 0.29) is 5.91 Å². The molecule has 7 heteroatoms. The van der Waals surface area contributed by atoms with Gasteiger partial charge in [-0.05, 0) is 77.5 Å². The van der Waals surface area contributed by atoms with Gasteiger partial charge < -0.3 is 19.1 Å². The number of carbonyl (C=O) groups excluding carboxylic acids is 1. The molecular formula is C28H26ClNO4S. The summed E-state index contributed by atoms with van der Waals surface area (Å²) in [6.45, 7) is 1.01. The monoisotopic (exact) mass is 507 g/mol. The Morgan fingerprint density at radius 3 is 2.37 bits per heavy atom. The van der Waals surface area contributed by atoms with Gasteiger partial charge in [-0.25, -0.2) is 0 Å². The van der Waals surface area contributed by atoms with Crippen molar-refractivity contribution in [2.75, 3.05) is 20.8 Å². The molecule has 4 aromatic rings. The van der Waals surface area contributed by atoms with Gasteiger partial charge in [0, 0.05) is 18.1 Å². The van der Waals surface area contributed by atoms with E-state index in [0.717, 1.165) is 11.1 Å². The number of carbonyl (C=O) groups is 1. The average molecular weight is 508 g/mol. The van der Waals surface area contributed by atoms with Crippen LogP contribution in [-0.2, 0) is 13.0 Å². The van der Waals surface area contributed by atoms with Crippen molar-refractivity contribution in [1.82, 2.24) is 4.90 Å². The zero-order valence-electron chi connectivity index (χ0n) is 19.6. The van der Waals surface area contributed by atoms with Crippen molar-refractivity contribution in [3.05, 3.63) is 105 Å². The van der Waals surface area contributed by atoms with Crippen molar-refractivity contribution >= 4 is 28.8 Å². The first kappa shape index (κ1) is 24.6. The molecule has 0 N–H and O–H groups in total. The van der Waals surface area contributed by atoms with Crippen LogP contribution >= 0.6 is 22.9 Å². The predicted molar refractivity (Wildman–Crippen MR) is 140 cm³/mol. The second-order valence-electron chi connectivity index (χ2n) is 7.85. The van der Waals surface area contributed by atoms with E-state index in [1.165, 1.54) is 11.3 Å². The number of benzene rings is 3. The van der Waals surface area contributed by atoms with E-state index < -0.39 is 0 Å². The Bertz CT molecular complexity index is 1260. The minimum Gasteiger partial charge on any atom is -0.493 e. The van der Waals surface area contributed by atoms with Gasteiger partial charge in [-0.3, -0.25) is 4.79 Å². The summed E-state index contributed by atoms with van der Waals surface area (Å²) >= 11 is 7.42. The number of hydrogen-bond donors (Lipinski definition) is 0. The fourth-order valence-corrected chi connectivity index (χ4v) is 4.49. The molecule has 0 radical (unpaired) electrons. The molecule has 35 heavy (non-hydrogen) atoms. The number of thiophene rings is 1. The van der Waals surface area contributed by atoms with Crippen LogP contribution in [0.2, 0.25) is 5.02 Å². The molecule has 1 amide bonds. The maximum Gasteiger partial charge on any atom is 0.264 e. The van der Waals surface area contributed by atoms with Crippen LogP contribution in [-0.4, -0.2) is 31.6 Å². The highest BCUT2D eigenvalue weighted by molar-refractivity contribution is 7.12. The number of amides is 1. The Balaban J connectivity index is 1.51. The van der Waals surface area contributed by atoms with E-state index in [9.17, 15) is 4.79 Å². The highest BCUT2D eigenvalue weighted by Gasteiger charge is 2.18. The largest absolute Gasteiger partial charge is 0.493 e. The smallest absolute Gasteiger partial charge is 0.264 e. The second-order valence-corrected chi connectivity index (χ2v) is 9.23. The SMILES string of the molecule is COc1ccc(CCN(Cc2cccc(Oc3ccc(Cl)cc3)c2)C(=O)c2cccs2)cc1OC. The molecule has 0 aliphatic rings. The Morgan fingerprint density at radius 1 is 0.857 bits per heavy atom. The maximum atomic E-state index is 13.3.